The Morgan fingerprint density at radius 3 is 2.90 bits per heavy atom. The van der Waals surface area contributed by atoms with Crippen LogP contribution < -0.4 is 11.6 Å². The molecule has 1 atom stereocenters. The van der Waals surface area contributed by atoms with Gasteiger partial charge in [-0.15, -0.1) is 12.6 Å². The molecule has 1 aliphatic heterocycles. The second kappa shape index (κ2) is 2.49. The molecule has 6 heteroatoms. The Labute approximate surface area is 63.4 Å². The number of aliphatic imine (C=N–C) groups is 1. The van der Waals surface area contributed by atoms with E-state index in [-0.39, 0.29) is 11.1 Å². The fraction of sp³-hybridized carbons (Fsp3) is 0.250. The monoisotopic (exact) mass is 160 g/mol. The first-order valence-corrected chi connectivity index (χ1v) is 3.04. The number of hydrazine groups is 1. The minimum Gasteiger partial charge on any atom is -0.493 e. The summed E-state index contributed by atoms with van der Waals surface area (Å²) < 4.78 is 0. The highest BCUT2D eigenvalue weighted by atomic mass is 32.1. The third-order valence-corrected chi connectivity index (χ3v) is 1.42. The molecule has 1 rings (SSSR count). The third-order valence-electron chi connectivity index (χ3n) is 1.09. The molecule has 1 unspecified atom stereocenters. The number of thiol groups is 1. The zero-order valence-corrected chi connectivity index (χ0v) is 5.99. The van der Waals surface area contributed by atoms with Crippen molar-refractivity contribution in [2.75, 3.05) is 0 Å². The van der Waals surface area contributed by atoms with Crippen LogP contribution in [0.5, 0.6) is 0 Å². The fourth-order valence-electron chi connectivity index (χ4n) is 0.564. The number of amidine groups is 1. The molecule has 0 radical (unpaired) electrons. The van der Waals surface area contributed by atoms with Crippen molar-refractivity contribution in [3.05, 3.63) is 12.0 Å². The molecule has 0 bridgehead atoms. The summed E-state index contributed by atoms with van der Waals surface area (Å²) in [7, 11) is 0. The molecule has 0 amide bonds. The van der Waals surface area contributed by atoms with E-state index in [9.17, 15) is 0 Å². The van der Waals surface area contributed by atoms with Crippen LogP contribution in [-0.4, -0.2) is 21.4 Å². The first-order valence-electron chi connectivity index (χ1n) is 2.59. The second-order valence-corrected chi connectivity index (χ2v) is 2.23. The van der Waals surface area contributed by atoms with Crippen LogP contribution in [-0.2, 0) is 0 Å². The van der Waals surface area contributed by atoms with E-state index in [1.54, 1.807) is 0 Å². The zero-order valence-electron chi connectivity index (χ0n) is 5.10. The van der Waals surface area contributed by atoms with Crippen molar-refractivity contribution in [2.24, 2.45) is 16.6 Å². The third kappa shape index (κ3) is 1.23. The van der Waals surface area contributed by atoms with Gasteiger partial charge in [0.05, 0.1) is 0 Å². The first kappa shape index (κ1) is 7.39. The van der Waals surface area contributed by atoms with Gasteiger partial charge in [0.25, 0.3) is 0 Å². The maximum atomic E-state index is 8.83. The lowest BCUT2D eigenvalue weighted by Crippen LogP contribution is -2.49. The molecule has 1 aliphatic rings. The van der Waals surface area contributed by atoms with Crippen molar-refractivity contribution in [1.29, 1.82) is 0 Å². The average molecular weight is 160 g/mol. The number of rotatable bonds is 0. The first-order chi connectivity index (χ1) is 4.61. The van der Waals surface area contributed by atoms with Crippen LogP contribution >= 0.6 is 12.6 Å². The Morgan fingerprint density at radius 1 is 1.80 bits per heavy atom. The predicted octanol–water partition coefficient (Wildman–Crippen LogP) is -0.854. The highest BCUT2D eigenvalue weighted by Crippen LogP contribution is 2.06. The number of aliphatic hydroxyl groups is 1. The molecule has 0 saturated heterocycles. The van der Waals surface area contributed by atoms with Crippen LogP contribution in [0.25, 0.3) is 0 Å². The van der Waals surface area contributed by atoms with Gasteiger partial charge in [-0.25, -0.2) is 5.84 Å². The molecule has 0 fully saturated rings. The number of hydrogen-bond acceptors (Lipinski definition) is 5. The number of hydrogen-bond donors (Lipinski definition) is 4. The smallest absolute Gasteiger partial charge is 0.212 e. The maximum absolute atomic E-state index is 8.83. The summed E-state index contributed by atoms with van der Waals surface area (Å²) in [4.78, 5) is 3.53. The van der Waals surface area contributed by atoms with Crippen LogP contribution in [0.4, 0.5) is 0 Å². The van der Waals surface area contributed by atoms with E-state index in [1.807, 2.05) is 0 Å². The lowest BCUT2D eigenvalue weighted by Gasteiger charge is -2.24. The Balaban J connectivity index is 2.85. The summed E-state index contributed by atoms with van der Waals surface area (Å²) >= 11 is 3.84. The molecule has 1 heterocycles. The summed E-state index contributed by atoms with van der Waals surface area (Å²) in [5.41, 5.74) is 5.39. The van der Waals surface area contributed by atoms with Gasteiger partial charge in [-0.2, -0.15) is 4.99 Å². The lowest BCUT2D eigenvalue weighted by atomic mass is 10.4. The van der Waals surface area contributed by atoms with Gasteiger partial charge in [-0.1, -0.05) is 0 Å². The molecule has 0 spiro atoms. The van der Waals surface area contributed by atoms with Crippen molar-refractivity contribution in [1.82, 2.24) is 5.01 Å². The van der Waals surface area contributed by atoms with E-state index in [0.717, 1.165) is 5.01 Å². The van der Waals surface area contributed by atoms with Crippen LogP contribution in [0.1, 0.15) is 0 Å². The van der Waals surface area contributed by atoms with Crippen LogP contribution in [0.2, 0.25) is 0 Å². The quantitative estimate of drug-likeness (QED) is 0.274. The van der Waals surface area contributed by atoms with E-state index < -0.39 is 6.17 Å². The van der Waals surface area contributed by atoms with E-state index >= 15 is 0 Å². The van der Waals surface area contributed by atoms with Gasteiger partial charge >= 0.3 is 0 Å². The molecule has 0 aromatic carbocycles. The van der Waals surface area contributed by atoms with E-state index in [2.05, 4.69) is 17.6 Å². The van der Waals surface area contributed by atoms with E-state index in [4.69, 9.17) is 16.7 Å². The van der Waals surface area contributed by atoms with Gasteiger partial charge in [-0.05, 0) is 0 Å². The highest BCUT2D eigenvalue weighted by Gasteiger charge is 2.15. The SMILES string of the molecule is NC1C=C(O)N=C(S)N1N. The molecule has 10 heavy (non-hydrogen) atoms. The molecule has 0 aromatic rings. The van der Waals surface area contributed by atoms with E-state index in [1.165, 1.54) is 6.08 Å². The summed E-state index contributed by atoms with van der Waals surface area (Å²) in [6.07, 6.45) is 0.768. The largest absolute Gasteiger partial charge is 0.493 e. The number of nitrogens with two attached hydrogens (primary N) is 2. The Morgan fingerprint density at radius 2 is 2.40 bits per heavy atom. The van der Waals surface area contributed by atoms with Crippen molar-refractivity contribution in [3.63, 3.8) is 0 Å². The highest BCUT2D eigenvalue weighted by molar-refractivity contribution is 7.96. The van der Waals surface area contributed by atoms with Crippen molar-refractivity contribution >= 4 is 17.8 Å². The topological polar surface area (TPSA) is 87.9 Å². The minimum atomic E-state index is -0.551. The van der Waals surface area contributed by atoms with Gasteiger partial charge < -0.3 is 10.8 Å². The Hall–Kier alpha value is -0.720. The van der Waals surface area contributed by atoms with Crippen LogP contribution in [0, 0.1) is 0 Å². The molecule has 5 N–H and O–H groups in total. The molecular formula is C4H8N4OS. The average Bonchev–Trinajstić information content (AvgIpc) is 1.82. The maximum Gasteiger partial charge on any atom is 0.212 e. The Bertz CT molecular complexity index is 201. The van der Waals surface area contributed by atoms with Gasteiger partial charge in [0.2, 0.25) is 5.88 Å². The van der Waals surface area contributed by atoms with Gasteiger partial charge in [0.15, 0.2) is 5.17 Å². The lowest BCUT2D eigenvalue weighted by molar-refractivity contribution is 0.336. The van der Waals surface area contributed by atoms with E-state index in [0.29, 0.717) is 0 Å². The summed E-state index contributed by atoms with van der Waals surface area (Å²) in [6, 6.07) is 0. The summed E-state index contributed by atoms with van der Waals surface area (Å²) in [6.45, 7) is 0. The molecule has 0 aromatic heterocycles. The zero-order chi connectivity index (χ0) is 7.72. The normalized spacial score (nSPS) is 25.9. The minimum absolute atomic E-state index is 0.154. The second-order valence-electron chi connectivity index (χ2n) is 1.83. The number of aliphatic hydroxyl groups excluding tert-OH is 1. The summed E-state index contributed by atoms with van der Waals surface area (Å²) in [5, 5.41) is 10.2. The van der Waals surface area contributed by atoms with Crippen molar-refractivity contribution in [2.45, 2.75) is 6.17 Å². The van der Waals surface area contributed by atoms with Gasteiger partial charge in [0, 0.05) is 6.08 Å². The summed E-state index contributed by atoms with van der Waals surface area (Å²) in [5.74, 6) is 5.18. The molecule has 5 nitrogen and oxygen atoms in total. The molecular weight excluding hydrogens is 152 g/mol. The van der Waals surface area contributed by atoms with Crippen molar-refractivity contribution < 1.29 is 5.11 Å². The van der Waals surface area contributed by atoms with Gasteiger partial charge in [-0.3, -0.25) is 5.01 Å². The standard InChI is InChI=1S/C4H8N4OS/c5-2-1-3(9)7-4(10)8(2)6/h1-2,9H,5-6H2,(H,7,10). The fourth-order valence-corrected chi connectivity index (χ4v) is 0.800. The molecule has 56 valence electrons. The van der Waals surface area contributed by atoms with Crippen LogP contribution in [0.15, 0.2) is 17.0 Å². The predicted molar refractivity (Wildman–Crippen MR) is 41.1 cm³/mol. The van der Waals surface area contributed by atoms with Crippen molar-refractivity contribution in [3.8, 4) is 0 Å². The van der Waals surface area contributed by atoms with Gasteiger partial charge in [0.1, 0.15) is 6.17 Å². The Kier molecular flexibility index (Phi) is 1.84. The molecule has 0 aliphatic carbocycles. The number of nitrogens with zero attached hydrogens (tertiary/aromatic N) is 2. The molecule has 0 saturated carbocycles. The van der Waals surface area contributed by atoms with Crippen LogP contribution in [0.3, 0.4) is 0 Å².